The largest absolute Gasteiger partial charge is 0.283 e. The molecule has 0 saturated carbocycles. The summed E-state index contributed by atoms with van der Waals surface area (Å²) in [6.07, 6.45) is 3.15. The van der Waals surface area contributed by atoms with Crippen molar-refractivity contribution in [3.05, 3.63) is 65.4 Å². The standard InChI is InChI=1S/C15H12ClN3O2S/c16-12-3-1-11(2-4-12)10-22(20,21)19-13-5-6-14-15(9-13)18-8-7-17-14/h1-9,19H,10H2. The Morgan fingerprint density at radius 2 is 1.64 bits per heavy atom. The summed E-state index contributed by atoms with van der Waals surface area (Å²) < 4.78 is 27.0. The van der Waals surface area contributed by atoms with Crippen molar-refractivity contribution in [1.82, 2.24) is 9.97 Å². The minimum atomic E-state index is -3.51. The molecule has 1 N–H and O–H groups in total. The van der Waals surface area contributed by atoms with Crippen molar-refractivity contribution in [2.75, 3.05) is 4.72 Å². The lowest BCUT2D eigenvalue weighted by Gasteiger charge is -2.08. The van der Waals surface area contributed by atoms with Gasteiger partial charge in [0.25, 0.3) is 0 Å². The van der Waals surface area contributed by atoms with Crippen molar-refractivity contribution < 1.29 is 8.42 Å². The highest BCUT2D eigenvalue weighted by atomic mass is 35.5. The van der Waals surface area contributed by atoms with Gasteiger partial charge < -0.3 is 0 Å². The van der Waals surface area contributed by atoms with Crippen LogP contribution in [0.2, 0.25) is 5.02 Å². The monoisotopic (exact) mass is 333 g/mol. The first kappa shape index (κ1) is 14.7. The lowest BCUT2D eigenvalue weighted by atomic mass is 10.2. The zero-order valence-electron chi connectivity index (χ0n) is 11.4. The predicted octanol–water partition coefficient (Wildman–Crippen LogP) is 3.23. The van der Waals surface area contributed by atoms with Crippen molar-refractivity contribution in [2.45, 2.75) is 5.75 Å². The summed E-state index contributed by atoms with van der Waals surface area (Å²) in [7, 11) is -3.51. The van der Waals surface area contributed by atoms with E-state index in [2.05, 4.69) is 14.7 Å². The lowest BCUT2D eigenvalue weighted by molar-refractivity contribution is 0.600. The Bertz CT molecular complexity index is 911. The zero-order chi connectivity index (χ0) is 15.6. The van der Waals surface area contributed by atoms with Gasteiger partial charge >= 0.3 is 0 Å². The molecule has 0 aliphatic rings. The number of hydrogen-bond acceptors (Lipinski definition) is 4. The Morgan fingerprint density at radius 3 is 2.36 bits per heavy atom. The third-order valence-corrected chi connectivity index (χ3v) is 4.52. The summed E-state index contributed by atoms with van der Waals surface area (Å²) in [4.78, 5) is 8.30. The second-order valence-electron chi connectivity index (χ2n) is 4.75. The maximum absolute atomic E-state index is 12.2. The molecule has 3 rings (SSSR count). The summed E-state index contributed by atoms with van der Waals surface area (Å²) in [6, 6.07) is 11.7. The minimum Gasteiger partial charge on any atom is -0.283 e. The highest BCUT2D eigenvalue weighted by Crippen LogP contribution is 2.18. The fraction of sp³-hybridized carbons (Fsp3) is 0.0667. The average Bonchev–Trinajstić information content (AvgIpc) is 2.49. The van der Waals surface area contributed by atoms with Crippen LogP contribution in [0, 0.1) is 0 Å². The van der Waals surface area contributed by atoms with Crippen LogP contribution >= 0.6 is 11.6 Å². The molecule has 7 heteroatoms. The second kappa shape index (κ2) is 5.90. The van der Waals surface area contributed by atoms with Gasteiger partial charge in [-0.2, -0.15) is 0 Å². The summed E-state index contributed by atoms with van der Waals surface area (Å²) >= 11 is 5.79. The first-order valence-corrected chi connectivity index (χ1v) is 8.51. The summed E-state index contributed by atoms with van der Waals surface area (Å²) in [5.41, 5.74) is 2.47. The van der Waals surface area contributed by atoms with E-state index in [-0.39, 0.29) is 5.75 Å². The average molecular weight is 334 g/mol. The topological polar surface area (TPSA) is 72.0 Å². The van der Waals surface area contributed by atoms with Crippen molar-refractivity contribution >= 4 is 38.3 Å². The van der Waals surface area contributed by atoms with Gasteiger partial charge in [-0.3, -0.25) is 14.7 Å². The Labute approximate surface area is 133 Å². The van der Waals surface area contributed by atoms with Crippen LogP contribution in [0.3, 0.4) is 0 Å². The lowest BCUT2D eigenvalue weighted by Crippen LogP contribution is -2.15. The molecule has 0 amide bonds. The first-order valence-electron chi connectivity index (χ1n) is 6.48. The van der Waals surface area contributed by atoms with Gasteiger partial charge in [-0.15, -0.1) is 0 Å². The third kappa shape index (κ3) is 3.52. The Balaban J connectivity index is 1.81. The number of fused-ring (bicyclic) bond motifs is 1. The SMILES string of the molecule is O=S(=O)(Cc1ccc(Cl)cc1)Nc1ccc2nccnc2c1. The molecular formula is C15H12ClN3O2S. The molecule has 0 unspecified atom stereocenters. The molecule has 0 bridgehead atoms. The molecule has 0 radical (unpaired) electrons. The Kier molecular flexibility index (Phi) is 3.96. The van der Waals surface area contributed by atoms with E-state index in [0.29, 0.717) is 27.3 Å². The van der Waals surface area contributed by atoms with Crippen molar-refractivity contribution in [2.24, 2.45) is 0 Å². The minimum absolute atomic E-state index is 0.122. The van der Waals surface area contributed by atoms with Gasteiger partial charge in [-0.05, 0) is 35.9 Å². The molecule has 5 nitrogen and oxygen atoms in total. The van der Waals surface area contributed by atoms with Crippen molar-refractivity contribution in [1.29, 1.82) is 0 Å². The molecule has 3 aromatic rings. The molecular weight excluding hydrogens is 322 g/mol. The van der Waals surface area contributed by atoms with Gasteiger partial charge in [-0.1, -0.05) is 23.7 Å². The van der Waals surface area contributed by atoms with Gasteiger partial charge in [0, 0.05) is 17.4 Å². The van der Waals surface area contributed by atoms with E-state index in [4.69, 9.17) is 11.6 Å². The number of nitrogens with one attached hydrogen (secondary N) is 1. The number of halogens is 1. The smallest absolute Gasteiger partial charge is 0.236 e. The summed E-state index contributed by atoms with van der Waals surface area (Å²) in [6.45, 7) is 0. The maximum atomic E-state index is 12.2. The normalized spacial score (nSPS) is 11.5. The molecule has 0 aliphatic heterocycles. The Hall–Kier alpha value is -2.18. The molecule has 1 heterocycles. The van der Waals surface area contributed by atoms with Crippen molar-refractivity contribution in [3.63, 3.8) is 0 Å². The van der Waals surface area contributed by atoms with Gasteiger partial charge in [0.05, 0.1) is 22.5 Å². The van der Waals surface area contributed by atoms with Crippen LogP contribution in [-0.2, 0) is 15.8 Å². The van der Waals surface area contributed by atoms with E-state index in [9.17, 15) is 8.42 Å². The van der Waals surface area contributed by atoms with Gasteiger partial charge in [0.1, 0.15) is 0 Å². The van der Waals surface area contributed by atoms with Crippen LogP contribution in [0.5, 0.6) is 0 Å². The van der Waals surface area contributed by atoms with E-state index < -0.39 is 10.0 Å². The van der Waals surface area contributed by atoms with E-state index in [0.717, 1.165) is 0 Å². The zero-order valence-corrected chi connectivity index (χ0v) is 13.0. The number of sulfonamides is 1. The van der Waals surface area contributed by atoms with Crippen LogP contribution in [0.4, 0.5) is 5.69 Å². The number of nitrogens with zero attached hydrogens (tertiary/aromatic N) is 2. The number of aromatic nitrogens is 2. The molecule has 0 aliphatic carbocycles. The summed E-state index contributed by atoms with van der Waals surface area (Å²) in [5.74, 6) is -0.122. The quantitative estimate of drug-likeness (QED) is 0.795. The Morgan fingerprint density at radius 1 is 0.955 bits per heavy atom. The van der Waals surface area contributed by atoms with Crippen LogP contribution in [0.15, 0.2) is 54.9 Å². The molecule has 2 aromatic carbocycles. The fourth-order valence-electron chi connectivity index (χ4n) is 2.04. The molecule has 0 atom stereocenters. The maximum Gasteiger partial charge on any atom is 0.236 e. The van der Waals surface area contributed by atoms with Crippen molar-refractivity contribution in [3.8, 4) is 0 Å². The number of rotatable bonds is 4. The van der Waals surface area contributed by atoms with E-state index in [1.165, 1.54) is 0 Å². The van der Waals surface area contributed by atoms with E-state index in [1.54, 1.807) is 54.9 Å². The fourth-order valence-corrected chi connectivity index (χ4v) is 3.36. The van der Waals surface area contributed by atoms with Gasteiger partial charge in [0.2, 0.25) is 10.0 Å². The third-order valence-electron chi connectivity index (χ3n) is 3.01. The highest BCUT2D eigenvalue weighted by molar-refractivity contribution is 7.91. The van der Waals surface area contributed by atoms with Crippen LogP contribution in [-0.4, -0.2) is 18.4 Å². The predicted molar refractivity (Wildman–Crippen MR) is 87.2 cm³/mol. The molecule has 0 fully saturated rings. The van der Waals surface area contributed by atoms with Crippen LogP contribution in [0.25, 0.3) is 11.0 Å². The molecule has 0 spiro atoms. The second-order valence-corrected chi connectivity index (χ2v) is 6.91. The molecule has 1 aromatic heterocycles. The van der Waals surface area contributed by atoms with Crippen LogP contribution in [0.1, 0.15) is 5.56 Å². The number of benzene rings is 2. The van der Waals surface area contributed by atoms with Gasteiger partial charge in [0.15, 0.2) is 0 Å². The van der Waals surface area contributed by atoms with Gasteiger partial charge in [-0.25, -0.2) is 8.42 Å². The van der Waals surface area contributed by atoms with E-state index in [1.807, 2.05) is 0 Å². The number of anilines is 1. The number of hydrogen-bond donors (Lipinski definition) is 1. The first-order chi connectivity index (χ1) is 10.5. The molecule has 112 valence electrons. The van der Waals surface area contributed by atoms with E-state index >= 15 is 0 Å². The molecule has 0 saturated heterocycles. The summed E-state index contributed by atoms with van der Waals surface area (Å²) in [5, 5.41) is 0.571. The molecule has 22 heavy (non-hydrogen) atoms. The van der Waals surface area contributed by atoms with Crippen LogP contribution < -0.4 is 4.72 Å². The highest BCUT2D eigenvalue weighted by Gasteiger charge is 2.12.